The molecule has 0 amide bonds. The number of rotatable bonds is 7. The first-order chi connectivity index (χ1) is 8.19. The molecule has 0 radical (unpaired) electrons. The molecule has 0 bridgehead atoms. The van der Waals surface area contributed by atoms with Crippen molar-refractivity contribution in [3.05, 3.63) is 35.4 Å². The Morgan fingerprint density at radius 1 is 1.18 bits per heavy atom. The highest BCUT2D eigenvalue weighted by molar-refractivity contribution is 6.20. The number of halogens is 1. The van der Waals surface area contributed by atoms with Crippen molar-refractivity contribution in [2.24, 2.45) is 5.92 Å². The molecule has 1 rings (SSSR count). The highest BCUT2D eigenvalue weighted by Gasteiger charge is 2.17. The first-order valence-electron chi connectivity index (χ1n) is 6.87. The quantitative estimate of drug-likeness (QED) is 0.573. The maximum Gasteiger partial charge on any atom is 0.0404 e. The van der Waals surface area contributed by atoms with Gasteiger partial charge in [-0.2, -0.15) is 0 Å². The Bertz CT molecular complexity index is 319. The third-order valence-electron chi connectivity index (χ3n) is 3.64. The maximum absolute atomic E-state index is 6.59. The molecule has 0 heterocycles. The van der Waals surface area contributed by atoms with E-state index in [-0.39, 0.29) is 5.38 Å². The topological polar surface area (TPSA) is 0 Å². The molecule has 1 heteroatoms. The molecule has 0 saturated carbocycles. The molecule has 96 valence electrons. The molecule has 2 atom stereocenters. The number of benzene rings is 1. The molecule has 0 aliphatic rings. The lowest BCUT2D eigenvalue weighted by atomic mass is 9.91. The summed E-state index contributed by atoms with van der Waals surface area (Å²) in [4.78, 5) is 0. The molecule has 0 aliphatic carbocycles. The van der Waals surface area contributed by atoms with Gasteiger partial charge in [-0.1, -0.05) is 57.4 Å². The Morgan fingerprint density at radius 2 is 1.88 bits per heavy atom. The molecule has 0 spiro atoms. The van der Waals surface area contributed by atoms with E-state index in [0.29, 0.717) is 5.92 Å². The van der Waals surface area contributed by atoms with Gasteiger partial charge in [0.05, 0.1) is 0 Å². The summed E-state index contributed by atoms with van der Waals surface area (Å²) < 4.78 is 0. The van der Waals surface area contributed by atoms with E-state index in [9.17, 15) is 0 Å². The van der Waals surface area contributed by atoms with Gasteiger partial charge in [0.1, 0.15) is 0 Å². The van der Waals surface area contributed by atoms with E-state index >= 15 is 0 Å². The second-order valence-electron chi connectivity index (χ2n) is 4.96. The van der Waals surface area contributed by atoms with E-state index in [1.807, 2.05) is 0 Å². The van der Waals surface area contributed by atoms with E-state index in [0.717, 1.165) is 6.42 Å². The van der Waals surface area contributed by atoms with Gasteiger partial charge in [-0.3, -0.25) is 0 Å². The molecule has 17 heavy (non-hydrogen) atoms. The Kier molecular flexibility index (Phi) is 6.65. The van der Waals surface area contributed by atoms with Crippen LogP contribution in [0.15, 0.2) is 24.3 Å². The van der Waals surface area contributed by atoms with Gasteiger partial charge in [0.15, 0.2) is 0 Å². The van der Waals surface area contributed by atoms with Gasteiger partial charge in [0, 0.05) is 5.38 Å². The molecule has 0 aliphatic heterocycles. The Labute approximate surface area is 111 Å². The predicted molar refractivity (Wildman–Crippen MR) is 77.8 cm³/mol. The van der Waals surface area contributed by atoms with Gasteiger partial charge in [-0.05, 0) is 36.8 Å². The lowest BCUT2D eigenvalue weighted by molar-refractivity contribution is 0.428. The zero-order valence-corrected chi connectivity index (χ0v) is 12.1. The second kappa shape index (κ2) is 7.76. The van der Waals surface area contributed by atoms with Gasteiger partial charge in [-0.15, -0.1) is 11.6 Å². The minimum absolute atomic E-state index is 0.285. The van der Waals surface area contributed by atoms with Crippen LogP contribution < -0.4 is 0 Å². The highest BCUT2D eigenvalue weighted by Crippen LogP contribution is 2.25. The second-order valence-corrected chi connectivity index (χ2v) is 5.52. The van der Waals surface area contributed by atoms with Crippen LogP contribution in [-0.2, 0) is 6.42 Å². The lowest BCUT2D eigenvalue weighted by Gasteiger charge is -2.21. The van der Waals surface area contributed by atoms with Crippen LogP contribution in [0.2, 0.25) is 0 Å². The van der Waals surface area contributed by atoms with Crippen LogP contribution in [-0.4, -0.2) is 5.38 Å². The maximum atomic E-state index is 6.59. The zero-order valence-electron chi connectivity index (χ0n) is 11.4. The SMILES string of the molecule is CCCCC(CC)C(Cl)Cc1ccccc1C. The summed E-state index contributed by atoms with van der Waals surface area (Å²) in [5, 5.41) is 0.285. The van der Waals surface area contributed by atoms with E-state index in [1.165, 1.54) is 36.8 Å². The number of alkyl halides is 1. The third-order valence-corrected chi connectivity index (χ3v) is 4.15. The van der Waals surface area contributed by atoms with Crippen LogP contribution in [0.1, 0.15) is 50.7 Å². The molecule has 0 aromatic heterocycles. The summed E-state index contributed by atoms with van der Waals surface area (Å²) in [6.45, 7) is 6.68. The van der Waals surface area contributed by atoms with Crippen molar-refractivity contribution in [3.8, 4) is 0 Å². The molecule has 1 aromatic carbocycles. The van der Waals surface area contributed by atoms with Crippen LogP contribution in [0.3, 0.4) is 0 Å². The van der Waals surface area contributed by atoms with Crippen molar-refractivity contribution < 1.29 is 0 Å². The van der Waals surface area contributed by atoms with Crippen LogP contribution in [0, 0.1) is 12.8 Å². The fraction of sp³-hybridized carbons (Fsp3) is 0.625. The van der Waals surface area contributed by atoms with Crippen molar-refractivity contribution in [2.45, 2.75) is 58.3 Å². The van der Waals surface area contributed by atoms with Gasteiger partial charge >= 0.3 is 0 Å². The molecule has 0 saturated heterocycles. The first-order valence-corrected chi connectivity index (χ1v) is 7.31. The van der Waals surface area contributed by atoms with E-state index in [2.05, 4.69) is 45.0 Å². The van der Waals surface area contributed by atoms with Gasteiger partial charge in [0.2, 0.25) is 0 Å². The highest BCUT2D eigenvalue weighted by atomic mass is 35.5. The normalized spacial score (nSPS) is 14.6. The number of unbranched alkanes of at least 4 members (excludes halogenated alkanes) is 1. The zero-order chi connectivity index (χ0) is 12.7. The Balaban J connectivity index is 2.57. The number of aryl methyl sites for hydroxylation is 1. The fourth-order valence-corrected chi connectivity index (χ4v) is 2.79. The molecule has 0 nitrogen and oxygen atoms in total. The summed E-state index contributed by atoms with van der Waals surface area (Å²) in [6.07, 6.45) is 6.05. The number of hydrogen-bond donors (Lipinski definition) is 0. The van der Waals surface area contributed by atoms with Crippen molar-refractivity contribution in [2.75, 3.05) is 0 Å². The third kappa shape index (κ3) is 4.71. The molecule has 0 N–H and O–H groups in total. The average molecular weight is 253 g/mol. The first kappa shape index (κ1) is 14.6. The van der Waals surface area contributed by atoms with Gasteiger partial charge < -0.3 is 0 Å². The van der Waals surface area contributed by atoms with Crippen LogP contribution in [0.25, 0.3) is 0 Å². The minimum Gasteiger partial charge on any atom is -0.122 e. The standard InChI is InChI=1S/C16H25Cl/c1-4-6-10-14(5-2)16(17)12-15-11-8-7-9-13(15)3/h7-9,11,14,16H,4-6,10,12H2,1-3H3. The molecule has 1 aromatic rings. The smallest absolute Gasteiger partial charge is 0.0404 e. The summed E-state index contributed by atoms with van der Waals surface area (Å²) in [5.41, 5.74) is 2.77. The average Bonchev–Trinajstić information content (AvgIpc) is 2.33. The van der Waals surface area contributed by atoms with Crippen molar-refractivity contribution >= 4 is 11.6 Å². The van der Waals surface area contributed by atoms with Crippen LogP contribution in [0.5, 0.6) is 0 Å². The number of hydrogen-bond acceptors (Lipinski definition) is 0. The predicted octanol–water partition coefficient (Wildman–Crippen LogP) is 5.36. The molecule has 2 unspecified atom stereocenters. The monoisotopic (exact) mass is 252 g/mol. The van der Waals surface area contributed by atoms with Gasteiger partial charge in [-0.25, -0.2) is 0 Å². The molecular formula is C16H25Cl. The van der Waals surface area contributed by atoms with E-state index in [4.69, 9.17) is 11.6 Å². The fourth-order valence-electron chi connectivity index (χ4n) is 2.32. The minimum atomic E-state index is 0.285. The van der Waals surface area contributed by atoms with Crippen molar-refractivity contribution in [1.29, 1.82) is 0 Å². The summed E-state index contributed by atoms with van der Waals surface area (Å²) >= 11 is 6.59. The summed E-state index contributed by atoms with van der Waals surface area (Å²) in [7, 11) is 0. The van der Waals surface area contributed by atoms with Crippen LogP contribution in [0.4, 0.5) is 0 Å². The van der Waals surface area contributed by atoms with Gasteiger partial charge in [0.25, 0.3) is 0 Å². The largest absolute Gasteiger partial charge is 0.122 e. The Hall–Kier alpha value is -0.490. The molecule has 0 fully saturated rings. The lowest BCUT2D eigenvalue weighted by Crippen LogP contribution is -2.17. The summed E-state index contributed by atoms with van der Waals surface area (Å²) in [5.74, 6) is 0.663. The molecular weight excluding hydrogens is 228 g/mol. The van der Waals surface area contributed by atoms with Crippen LogP contribution >= 0.6 is 11.6 Å². The van der Waals surface area contributed by atoms with E-state index < -0.39 is 0 Å². The van der Waals surface area contributed by atoms with Crippen molar-refractivity contribution in [1.82, 2.24) is 0 Å². The summed E-state index contributed by atoms with van der Waals surface area (Å²) in [6, 6.07) is 8.58. The van der Waals surface area contributed by atoms with Crippen molar-refractivity contribution in [3.63, 3.8) is 0 Å². The van der Waals surface area contributed by atoms with E-state index in [1.54, 1.807) is 0 Å². The Morgan fingerprint density at radius 3 is 2.47 bits per heavy atom.